The Morgan fingerprint density at radius 3 is 2.23 bits per heavy atom. The fourth-order valence-corrected chi connectivity index (χ4v) is 4.06. The van der Waals surface area contributed by atoms with Crippen LogP contribution in [0.5, 0.6) is 5.75 Å². The molecule has 10 atom stereocenters. The standard InChI is InChI=1S/C23H32N2O15/c1-2-5-36-23(33)24-15-18(30)16(28)13(7-26)39-21(15)37-9-10-6-11(25(34)35)3-4-12(10)38-22-20(32)19(31)17(29)14(8-27)40-22/h2-4,6,13-22,26-32H,1,5,7-9H2,(H,24,33)/t13-,14-,15-,16-,17+,18-,19+,20-,21-,22-/m1/s1. The lowest BCUT2D eigenvalue weighted by Gasteiger charge is -2.42. The number of alkyl carbamates (subject to hydrolysis) is 1. The Hall–Kier alpha value is -2.97. The van der Waals surface area contributed by atoms with Crippen LogP contribution in [0, 0.1) is 10.1 Å². The van der Waals surface area contributed by atoms with Crippen LogP contribution in [0.3, 0.4) is 0 Å². The van der Waals surface area contributed by atoms with Crippen LogP contribution in [0.1, 0.15) is 5.56 Å². The molecule has 8 N–H and O–H groups in total. The summed E-state index contributed by atoms with van der Waals surface area (Å²) in [6, 6.07) is 1.85. The molecule has 1 amide bonds. The number of nitro groups is 1. The molecule has 17 nitrogen and oxygen atoms in total. The van der Waals surface area contributed by atoms with E-state index in [1.54, 1.807) is 0 Å². The molecule has 0 aromatic heterocycles. The number of ether oxygens (including phenoxy) is 5. The Morgan fingerprint density at radius 1 is 1.00 bits per heavy atom. The predicted molar refractivity (Wildman–Crippen MR) is 129 cm³/mol. The van der Waals surface area contributed by atoms with Gasteiger partial charge in [-0.2, -0.15) is 0 Å². The molecule has 3 rings (SSSR count). The van der Waals surface area contributed by atoms with E-state index in [0.717, 1.165) is 18.2 Å². The van der Waals surface area contributed by atoms with Crippen molar-refractivity contribution in [1.29, 1.82) is 0 Å². The predicted octanol–water partition coefficient (Wildman–Crippen LogP) is -2.99. The zero-order valence-electron chi connectivity index (χ0n) is 21.0. The highest BCUT2D eigenvalue weighted by molar-refractivity contribution is 5.67. The summed E-state index contributed by atoms with van der Waals surface area (Å²) in [6.45, 7) is 1.24. The van der Waals surface area contributed by atoms with Gasteiger partial charge in [0, 0.05) is 17.7 Å². The van der Waals surface area contributed by atoms with Crippen molar-refractivity contribution in [1.82, 2.24) is 5.32 Å². The highest BCUT2D eigenvalue weighted by atomic mass is 16.7. The Bertz CT molecular complexity index is 1030. The van der Waals surface area contributed by atoms with E-state index in [1.807, 2.05) is 0 Å². The van der Waals surface area contributed by atoms with Crippen LogP contribution in [-0.2, 0) is 25.6 Å². The van der Waals surface area contributed by atoms with Crippen molar-refractivity contribution < 1.29 is 69.1 Å². The van der Waals surface area contributed by atoms with E-state index in [2.05, 4.69) is 11.9 Å². The lowest BCUT2D eigenvalue weighted by molar-refractivity contribution is -0.385. The molecule has 1 aromatic carbocycles. The van der Waals surface area contributed by atoms with E-state index >= 15 is 0 Å². The summed E-state index contributed by atoms with van der Waals surface area (Å²) in [5.41, 5.74) is -0.417. The largest absolute Gasteiger partial charge is 0.462 e. The van der Waals surface area contributed by atoms with Crippen molar-refractivity contribution in [2.75, 3.05) is 19.8 Å². The molecular weight excluding hydrogens is 544 g/mol. The molecule has 17 heteroatoms. The molecule has 0 radical (unpaired) electrons. The van der Waals surface area contributed by atoms with Gasteiger partial charge in [-0.05, 0) is 6.07 Å². The van der Waals surface area contributed by atoms with Crippen molar-refractivity contribution in [2.45, 2.75) is 68.0 Å². The molecular formula is C23H32N2O15. The molecule has 0 saturated carbocycles. The normalized spacial score (nSPS) is 34.1. The molecule has 2 aliphatic heterocycles. The highest BCUT2D eigenvalue weighted by Gasteiger charge is 2.47. The molecule has 1 aromatic rings. The van der Waals surface area contributed by atoms with E-state index in [1.165, 1.54) is 6.08 Å². The van der Waals surface area contributed by atoms with Crippen LogP contribution in [0.2, 0.25) is 0 Å². The number of nitrogens with zero attached hydrogens (tertiary/aromatic N) is 1. The van der Waals surface area contributed by atoms with E-state index in [0.29, 0.717) is 0 Å². The molecule has 2 heterocycles. The van der Waals surface area contributed by atoms with Crippen molar-refractivity contribution in [3.63, 3.8) is 0 Å². The molecule has 2 saturated heterocycles. The first kappa shape index (κ1) is 31.6. The average molecular weight is 577 g/mol. The lowest BCUT2D eigenvalue weighted by Crippen LogP contribution is -2.64. The van der Waals surface area contributed by atoms with Gasteiger partial charge in [0.1, 0.15) is 61.1 Å². The number of aliphatic hydroxyl groups excluding tert-OH is 7. The van der Waals surface area contributed by atoms with Gasteiger partial charge in [0.2, 0.25) is 6.29 Å². The van der Waals surface area contributed by atoms with Crippen LogP contribution < -0.4 is 10.1 Å². The van der Waals surface area contributed by atoms with Crippen LogP contribution >= 0.6 is 0 Å². The third-order valence-corrected chi connectivity index (χ3v) is 6.25. The third kappa shape index (κ3) is 7.21. The summed E-state index contributed by atoms with van der Waals surface area (Å²) in [6.07, 6.45) is -14.0. The van der Waals surface area contributed by atoms with Gasteiger partial charge in [0.15, 0.2) is 6.29 Å². The third-order valence-electron chi connectivity index (χ3n) is 6.25. The van der Waals surface area contributed by atoms with Crippen molar-refractivity contribution >= 4 is 11.8 Å². The number of benzene rings is 1. The fraction of sp³-hybridized carbons (Fsp3) is 0.609. The number of hydrogen-bond acceptors (Lipinski definition) is 15. The minimum atomic E-state index is -1.78. The topological polar surface area (TPSA) is 260 Å². The molecule has 0 aliphatic carbocycles. The number of carbonyl (C=O) groups excluding carboxylic acids is 1. The molecule has 224 valence electrons. The summed E-state index contributed by atoms with van der Waals surface area (Å²) >= 11 is 0. The first-order chi connectivity index (χ1) is 19.0. The monoisotopic (exact) mass is 576 g/mol. The van der Waals surface area contributed by atoms with Crippen molar-refractivity contribution in [3.8, 4) is 5.75 Å². The number of non-ortho nitro benzene ring substituents is 1. The maximum absolute atomic E-state index is 12.1. The van der Waals surface area contributed by atoms with Gasteiger partial charge in [-0.1, -0.05) is 12.7 Å². The number of nitrogens with one attached hydrogen (secondary N) is 1. The van der Waals surface area contributed by atoms with Crippen LogP contribution in [0.25, 0.3) is 0 Å². The summed E-state index contributed by atoms with van der Waals surface area (Å²) in [4.78, 5) is 22.8. The Balaban J connectivity index is 1.84. The first-order valence-electron chi connectivity index (χ1n) is 12.0. The molecule has 0 spiro atoms. The zero-order chi connectivity index (χ0) is 29.6. The maximum Gasteiger partial charge on any atom is 0.407 e. The Labute approximate surface area is 226 Å². The number of carbonyl (C=O) groups is 1. The number of hydrogen-bond donors (Lipinski definition) is 8. The molecule has 2 aliphatic rings. The molecule has 2 fully saturated rings. The van der Waals surface area contributed by atoms with Crippen LogP contribution in [0.15, 0.2) is 30.9 Å². The van der Waals surface area contributed by atoms with Crippen LogP contribution in [-0.4, -0.2) is 128 Å². The number of nitro benzene ring substituents is 1. The summed E-state index contributed by atoms with van der Waals surface area (Å²) in [5, 5.41) is 83.7. The average Bonchev–Trinajstić information content (AvgIpc) is 2.94. The quantitative estimate of drug-likeness (QED) is 0.0742. The minimum Gasteiger partial charge on any atom is -0.462 e. The van der Waals surface area contributed by atoms with Gasteiger partial charge < -0.3 is 64.7 Å². The number of rotatable bonds is 11. The van der Waals surface area contributed by atoms with Gasteiger partial charge >= 0.3 is 6.09 Å². The van der Waals surface area contributed by atoms with Crippen molar-refractivity contribution in [3.05, 3.63) is 46.5 Å². The summed E-state index contributed by atoms with van der Waals surface area (Å²) in [5.74, 6) is -0.139. The second-order valence-electron chi connectivity index (χ2n) is 8.94. The molecule has 40 heavy (non-hydrogen) atoms. The number of amides is 1. The van der Waals surface area contributed by atoms with Crippen molar-refractivity contribution in [2.24, 2.45) is 0 Å². The minimum absolute atomic E-state index is 0.0242. The second-order valence-corrected chi connectivity index (χ2v) is 8.94. The van der Waals surface area contributed by atoms with Gasteiger partial charge in [0.05, 0.1) is 24.7 Å². The Kier molecular flexibility index (Phi) is 11.1. The summed E-state index contributed by atoms with van der Waals surface area (Å²) in [7, 11) is 0. The van der Waals surface area contributed by atoms with Gasteiger partial charge in [-0.15, -0.1) is 0 Å². The fourth-order valence-electron chi connectivity index (χ4n) is 4.06. The lowest BCUT2D eigenvalue weighted by atomic mass is 9.97. The van der Waals surface area contributed by atoms with E-state index in [4.69, 9.17) is 23.7 Å². The Morgan fingerprint density at radius 2 is 1.62 bits per heavy atom. The summed E-state index contributed by atoms with van der Waals surface area (Å²) < 4.78 is 26.9. The van der Waals surface area contributed by atoms with Crippen LogP contribution in [0.4, 0.5) is 10.5 Å². The highest BCUT2D eigenvalue weighted by Crippen LogP contribution is 2.31. The molecule has 0 bridgehead atoms. The number of aliphatic hydroxyl groups is 7. The van der Waals surface area contributed by atoms with E-state index in [-0.39, 0.29) is 17.9 Å². The van der Waals surface area contributed by atoms with Gasteiger partial charge in [0.25, 0.3) is 5.69 Å². The SMILES string of the molecule is C=CCOC(=O)N[C@H]1[C@H](OCc2cc([N+](=O)[O-])ccc2O[C@@H]2O[C@H](CO)[C@H](O)[C@H](O)[C@H]2O)O[C@H](CO)[C@@H](O)[C@@H]1O. The first-order valence-corrected chi connectivity index (χ1v) is 12.0. The maximum atomic E-state index is 12.1. The van der Waals surface area contributed by atoms with E-state index < -0.39 is 97.9 Å². The van der Waals surface area contributed by atoms with Gasteiger partial charge in [-0.25, -0.2) is 4.79 Å². The van der Waals surface area contributed by atoms with E-state index in [9.17, 15) is 50.7 Å². The molecule has 0 unspecified atom stereocenters. The van der Waals surface area contributed by atoms with Gasteiger partial charge in [-0.3, -0.25) is 10.1 Å². The zero-order valence-corrected chi connectivity index (χ0v) is 21.0. The second kappa shape index (κ2) is 14.1. The smallest absolute Gasteiger partial charge is 0.407 e.